The summed E-state index contributed by atoms with van der Waals surface area (Å²) in [5.41, 5.74) is 0.0672. The van der Waals surface area contributed by atoms with Crippen molar-refractivity contribution in [3.8, 4) is 0 Å². The molecular weight excluding hydrogens is 274 g/mol. The van der Waals surface area contributed by atoms with E-state index in [9.17, 15) is 9.59 Å². The molecule has 1 saturated carbocycles. The van der Waals surface area contributed by atoms with E-state index >= 15 is 0 Å². The second-order valence-electron chi connectivity index (χ2n) is 5.86. The van der Waals surface area contributed by atoms with E-state index in [1.54, 1.807) is 24.3 Å². The third-order valence-electron chi connectivity index (χ3n) is 4.55. The Hall–Kier alpha value is -1.35. The molecule has 3 rings (SSSR count). The van der Waals surface area contributed by atoms with Gasteiger partial charge in [0.25, 0.3) is 0 Å². The van der Waals surface area contributed by atoms with Crippen molar-refractivity contribution in [2.45, 2.75) is 44.9 Å². The van der Waals surface area contributed by atoms with Crippen molar-refractivity contribution < 1.29 is 9.59 Å². The fraction of sp³-hybridized carbons (Fsp3) is 0.500. The SMILES string of the molecule is O=C1CC2(CCCCCC2)C(=O)N1c1ccccc1Cl. The van der Waals surface area contributed by atoms with Gasteiger partial charge in [-0.3, -0.25) is 9.59 Å². The molecule has 0 bridgehead atoms. The van der Waals surface area contributed by atoms with Crippen LogP contribution in [0.5, 0.6) is 0 Å². The number of carbonyl (C=O) groups excluding carboxylic acids is 2. The third kappa shape index (κ3) is 2.14. The van der Waals surface area contributed by atoms with Gasteiger partial charge in [-0.25, -0.2) is 4.90 Å². The summed E-state index contributed by atoms with van der Waals surface area (Å²) in [5.74, 6) is -0.150. The first-order chi connectivity index (χ1) is 9.64. The number of hydrogen-bond acceptors (Lipinski definition) is 2. The summed E-state index contributed by atoms with van der Waals surface area (Å²) in [4.78, 5) is 26.5. The summed E-state index contributed by atoms with van der Waals surface area (Å²) in [6, 6.07) is 7.07. The molecule has 0 atom stereocenters. The van der Waals surface area contributed by atoms with Gasteiger partial charge in [0.05, 0.1) is 16.1 Å². The van der Waals surface area contributed by atoms with Crippen LogP contribution in [0.25, 0.3) is 0 Å². The average molecular weight is 292 g/mol. The number of anilines is 1. The van der Waals surface area contributed by atoms with Crippen LogP contribution in [0, 0.1) is 5.41 Å². The second kappa shape index (κ2) is 5.21. The molecule has 1 saturated heterocycles. The van der Waals surface area contributed by atoms with Crippen molar-refractivity contribution in [2.24, 2.45) is 5.41 Å². The molecule has 1 heterocycles. The van der Waals surface area contributed by atoms with Crippen LogP contribution in [0.2, 0.25) is 5.02 Å². The molecule has 0 unspecified atom stereocenters. The van der Waals surface area contributed by atoms with Gasteiger partial charge in [0, 0.05) is 6.42 Å². The van der Waals surface area contributed by atoms with Crippen LogP contribution in [-0.2, 0) is 9.59 Å². The monoisotopic (exact) mass is 291 g/mol. The molecule has 1 spiro atoms. The molecule has 3 nitrogen and oxygen atoms in total. The van der Waals surface area contributed by atoms with Crippen molar-refractivity contribution in [2.75, 3.05) is 4.90 Å². The van der Waals surface area contributed by atoms with Crippen LogP contribution >= 0.6 is 11.6 Å². The highest BCUT2D eigenvalue weighted by Crippen LogP contribution is 2.46. The van der Waals surface area contributed by atoms with Gasteiger partial charge in [0.1, 0.15) is 0 Å². The molecule has 0 radical (unpaired) electrons. The summed E-state index contributed by atoms with van der Waals surface area (Å²) in [6.07, 6.45) is 6.41. The van der Waals surface area contributed by atoms with Crippen molar-refractivity contribution in [3.63, 3.8) is 0 Å². The van der Waals surface area contributed by atoms with Gasteiger partial charge >= 0.3 is 0 Å². The molecule has 1 aliphatic heterocycles. The van der Waals surface area contributed by atoms with Crippen LogP contribution < -0.4 is 4.90 Å². The lowest BCUT2D eigenvalue weighted by Gasteiger charge is -2.25. The number of halogens is 1. The van der Waals surface area contributed by atoms with Gasteiger partial charge in [0.15, 0.2) is 0 Å². The Balaban J connectivity index is 1.96. The van der Waals surface area contributed by atoms with E-state index in [1.807, 2.05) is 0 Å². The fourth-order valence-electron chi connectivity index (χ4n) is 3.47. The topological polar surface area (TPSA) is 37.4 Å². The van der Waals surface area contributed by atoms with E-state index in [1.165, 1.54) is 4.90 Å². The molecule has 4 heteroatoms. The first-order valence-corrected chi connectivity index (χ1v) is 7.64. The van der Waals surface area contributed by atoms with E-state index in [-0.39, 0.29) is 11.8 Å². The summed E-state index contributed by atoms with van der Waals surface area (Å²) in [6.45, 7) is 0. The fourth-order valence-corrected chi connectivity index (χ4v) is 3.69. The molecule has 2 amide bonds. The number of nitrogens with zero attached hydrogens (tertiary/aromatic N) is 1. The highest BCUT2D eigenvalue weighted by atomic mass is 35.5. The zero-order chi connectivity index (χ0) is 14.2. The Labute approximate surface area is 123 Å². The first-order valence-electron chi connectivity index (χ1n) is 7.26. The minimum absolute atomic E-state index is 0.0440. The van der Waals surface area contributed by atoms with Crippen molar-refractivity contribution in [1.29, 1.82) is 0 Å². The number of amides is 2. The number of para-hydroxylation sites is 1. The summed E-state index contributed by atoms with van der Waals surface area (Å²) >= 11 is 6.15. The Bertz CT molecular complexity index is 547. The average Bonchev–Trinajstić information content (AvgIpc) is 2.60. The lowest BCUT2D eigenvalue weighted by molar-refractivity contribution is -0.126. The normalized spacial score (nSPS) is 22.4. The Morgan fingerprint density at radius 1 is 1.00 bits per heavy atom. The standard InChI is InChI=1S/C16H18ClNO2/c17-12-7-3-4-8-13(12)18-14(19)11-16(15(18)20)9-5-1-2-6-10-16/h3-4,7-8H,1-2,5-6,9-11H2. The predicted molar refractivity (Wildman–Crippen MR) is 78.7 cm³/mol. The van der Waals surface area contributed by atoms with E-state index in [0.717, 1.165) is 38.5 Å². The number of rotatable bonds is 1. The molecule has 0 N–H and O–H groups in total. The van der Waals surface area contributed by atoms with E-state index in [4.69, 9.17) is 11.6 Å². The molecule has 20 heavy (non-hydrogen) atoms. The number of hydrogen-bond donors (Lipinski definition) is 0. The first kappa shape index (κ1) is 13.6. The van der Waals surface area contributed by atoms with Crippen molar-refractivity contribution in [3.05, 3.63) is 29.3 Å². The molecule has 1 aliphatic carbocycles. The van der Waals surface area contributed by atoms with Gasteiger partial charge < -0.3 is 0 Å². The number of benzene rings is 1. The van der Waals surface area contributed by atoms with Crippen LogP contribution in [0.15, 0.2) is 24.3 Å². The van der Waals surface area contributed by atoms with Gasteiger partial charge in [-0.1, -0.05) is 49.4 Å². The molecule has 0 aromatic heterocycles. The summed E-state index contributed by atoms with van der Waals surface area (Å²) in [5, 5.41) is 0.458. The summed E-state index contributed by atoms with van der Waals surface area (Å²) < 4.78 is 0. The van der Waals surface area contributed by atoms with Crippen molar-refractivity contribution >= 4 is 29.1 Å². The maximum atomic E-state index is 12.8. The molecule has 1 aromatic carbocycles. The maximum Gasteiger partial charge on any atom is 0.240 e. The Morgan fingerprint density at radius 3 is 2.30 bits per heavy atom. The van der Waals surface area contributed by atoms with Crippen LogP contribution in [-0.4, -0.2) is 11.8 Å². The number of carbonyl (C=O) groups is 2. The largest absolute Gasteiger partial charge is 0.274 e. The Kier molecular flexibility index (Phi) is 3.55. The molecular formula is C16H18ClNO2. The molecule has 2 fully saturated rings. The number of imide groups is 1. The predicted octanol–water partition coefficient (Wildman–Crippen LogP) is 3.94. The highest BCUT2D eigenvalue weighted by molar-refractivity contribution is 6.36. The lowest BCUT2D eigenvalue weighted by atomic mass is 9.79. The van der Waals surface area contributed by atoms with Crippen LogP contribution in [0.3, 0.4) is 0 Å². The molecule has 106 valence electrons. The highest BCUT2D eigenvalue weighted by Gasteiger charge is 2.51. The summed E-state index contributed by atoms with van der Waals surface area (Å²) in [7, 11) is 0. The van der Waals surface area contributed by atoms with Gasteiger partial charge in [0.2, 0.25) is 11.8 Å². The van der Waals surface area contributed by atoms with Gasteiger partial charge in [-0.2, -0.15) is 0 Å². The lowest BCUT2D eigenvalue weighted by Crippen LogP contribution is -2.35. The molecule has 1 aromatic rings. The van der Waals surface area contributed by atoms with Crippen LogP contribution in [0.4, 0.5) is 5.69 Å². The smallest absolute Gasteiger partial charge is 0.240 e. The van der Waals surface area contributed by atoms with E-state index in [0.29, 0.717) is 17.1 Å². The van der Waals surface area contributed by atoms with Gasteiger partial charge in [-0.05, 0) is 25.0 Å². The van der Waals surface area contributed by atoms with Crippen LogP contribution in [0.1, 0.15) is 44.9 Å². The Morgan fingerprint density at radius 2 is 1.65 bits per heavy atom. The third-order valence-corrected chi connectivity index (χ3v) is 4.87. The zero-order valence-corrected chi connectivity index (χ0v) is 12.2. The molecule has 2 aliphatic rings. The zero-order valence-electron chi connectivity index (χ0n) is 11.4. The maximum absolute atomic E-state index is 12.8. The quantitative estimate of drug-likeness (QED) is 0.735. The van der Waals surface area contributed by atoms with E-state index in [2.05, 4.69) is 0 Å². The van der Waals surface area contributed by atoms with E-state index < -0.39 is 5.41 Å². The van der Waals surface area contributed by atoms with Gasteiger partial charge in [-0.15, -0.1) is 0 Å². The minimum Gasteiger partial charge on any atom is -0.274 e. The van der Waals surface area contributed by atoms with Crippen molar-refractivity contribution in [1.82, 2.24) is 0 Å². The minimum atomic E-state index is -0.466. The second-order valence-corrected chi connectivity index (χ2v) is 6.26.